The van der Waals surface area contributed by atoms with Crippen LogP contribution in [-0.2, 0) is 4.74 Å². The highest BCUT2D eigenvalue weighted by Gasteiger charge is 2.40. The Balaban J connectivity index is 1.65. The number of rotatable bonds is 4. The van der Waals surface area contributed by atoms with Crippen LogP contribution in [0.5, 0.6) is 0 Å². The van der Waals surface area contributed by atoms with Gasteiger partial charge in [0.25, 0.3) is 0 Å². The minimum Gasteiger partial charge on any atom is -0.444 e. The highest BCUT2D eigenvalue weighted by Crippen LogP contribution is 2.33. The predicted octanol–water partition coefficient (Wildman–Crippen LogP) is 2.81. The smallest absolute Gasteiger partial charge is 0.407 e. The topological polar surface area (TPSA) is 65.1 Å². The summed E-state index contributed by atoms with van der Waals surface area (Å²) in [4.78, 5) is 14.3. The van der Waals surface area contributed by atoms with E-state index in [-0.39, 0.29) is 12.1 Å². The van der Waals surface area contributed by atoms with Crippen molar-refractivity contribution in [1.29, 1.82) is 5.26 Å². The Morgan fingerprint density at radius 3 is 2.57 bits per heavy atom. The Labute approximate surface area is 127 Å². The van der Waals surface area contributed by atoms with Crippen molar-refractivity contribution in [3.05, 3.63) is 0 Å². The van der Waals surface area contributed by atoms with Gasteiger partial charge in [0, 0.05) is 31.1 Å². The van der Waals surface area contributed by atoms with Gasteiger partial charge in [-0.05, 0) is 52.9 Å². The average molecular weight is 293 g/mol. The van der Waals surface area contributed by atoms with E-state index in [1.165, 1.54) is 0 Å². The monoisotopic (exact) mass is 293 g/mol. The molecule has 0 bridgehead atoms. The van der Waals surface area contributed by atoms with Crippen molar-refractivity contribution in [3.8, 4) is 6.07 Å². The molecule has 0 radical (unpaired) electrons. The van der Waals surface area contributed by atoms with Crippen LogP contribution in [-0.4, -0.2) is 41.3 Å². The zero-order chi connectivity index (χ0) is 15.5. The number of carbonyl (C=O) groups is 1. The van der Waals surface area contributed by atoms with E-state index in [9.17, 15) is 4.79 Å². The summed E-state index contributed by atoms with van der Waals surface area (Å²) >= 11 is 0. The van der Waals surface area contributed by atoms with Gasteiger partial charge in [0.1, 0.15) is 5.60 Å². The molecule has 1 N–H and O–H groups in total. The van der Waals surface area contributed by atoms with E-state index in [1.54, 1.807) is 0 Å². The third-order valence-corrected chi connectivity index (χ3v) is 4.23. The summed E-state index contributed by atoms with van der Waals surface area (Å²) in [6, 6.07) is 3.74. The molecule has 0 aromatic carbocycles. The summed E-state index contributed by atoms with van der Waals surface area (Å²) in [5.74, 6) is 0. The second-order valence-electron chi connectivity index (χ2n) is 7.20. The molecule has 118 valence electrons. The minimum atomic E-state index is -0.436. The van der Waals surface area contributed by atoms with Crippen molar-refractivity contribution in [2.24, 2.45) is 0 Å². The average Bonchev–Trinajstić information content (AvgIpc) is 3.14. The highest BCUT2D eigenvalue weighted by molar-refractivity contribution is 5.68. The maximum absolute atomic E-state index is 11.8. The minimum absolute atomic E-state index is 0.244. The number of ether oxygens (including phenoxy) is 1. The Kier molecular flexibility index (Phi) is 5.10. The van der Waals surface area contributed by atoms with Crippen LogP contribution in [0.4, 0.5) is 4.79 Å². The molecule has 1 aliphatic heterocycles. The van der Waals surface area contributed by atoms with E-state index in [1.807, 2.05) is 20.8 Å². The Morgan fingerprint density at radius 1 is 1.33 bits per heavy atom. The van der Waals surface area contributed by atoms with E-state index in [2.05, 4.69) is 16.3 Å². The van der Waals surface area contributed by atoms with Gasteiger partial charge in [-0.2, -0.15) is 5.26 Å². The summed E-state index contributed by atoms with van der Waals surface area (Å²) in [6.45, 7) is 6.79. The second-order valence-corrected chi connectivity index (χ2v) is 7.20. The van der Waals surface area contributed by atoms with Crippen molar-refractivity contribution in [2.45, 2.75) is 83.0 Å². The molecule has 0 aromatic rings. The van der Waals surface area contributed by atoms with Crippen LogP contribution in [0.1, 0.15) is 59.3 Å². The first kappa shape index (κ1) is 16.1. The molecule has 1 heterocycles. The maximum atomic E-state index is 11.8. The van der Waals surface area contributed by atoms with E-state index in [0.717, 1.165) is 38.6 Å². The fraction of sp³-hybridized carbons (Fsp3) is 0.875. The van der Waals surface area contributed by atoms with Crippen molar-refractivity contribution in [2.75, 3.05) is 6.54 Å². The van der Waals surface area contributed by atoms with Gasteiger partial charge in [-0.3, -0.25) is 4.90 Å². The third kappa shape index (κ3) is 5.20. The first-order chi connectivity index (χ1) is 9.89. The van der Waals surface area contributed by atoms with E-state index in [4.69, 9.17) is 10.00 Å². The van der Waals surface area contributed by atoms with E-state index in [0.29, 0.717) is 18.5 Å². The number of nitriles is 1. The fourth-order valence-electron chi connectivity index (χ4n) is 3.16. The lowest BCUT2D eigenvalue weighted by molar-refractivity contribution is 0.0486. The quantitative estimate of drug-likeness (QED) is 0.809. The molecule has 21 heavy (non-hydrogen) atoms. The molecular formula is C16H27N3O2. The molecule has 2 unspecified atom stereocenters. The number of alkyl carbamates (subject to hydrolysis) is 1. The van der Waals surface area contributed by atoms with Gasteiger partial charge in [-0.15, -0.1) is 0 Å². The molecule has 1 saturated heterocycles. The largest absolute Gasteiger partial charge is 0.444 e. The molecule has 5 nitrogen and oxygen atoms in total. The van der Waals surface area contributed by atoms with Gasteiger partial charge in [0.15, 0.2) is 0 Å². The van der Waals surface area contributed by atoms with Crippen molar-refractivity contribution in [1.82, 2.24) is 10.2 Å². The summed E-state index contributed by atoms with van der Waals surface area (Å²) in [6.07, 6.45) is 5.66. The SMILES string of the molecule is CC(C)(C)OC(=O)NC1CCC(N2CC2CCC#N)CC1. The van der Waals surface area contributed by atoms with E-state index < -0.39 is 5.60 Å². The van der Waals surface area contributed by atoms with Crippen molar-refractivity contribution < 1.29 is 9.53 Å². The van der Waals surface area contributed by atoms with Crippen LogP contribution in [0.15, 0.2) is 0 Å². The van der Waals surface area contributed by atoms with Gasteiger partial charge in [0.05, 0.1) is 6.07 Å². The number of hydrogen-bond donors (Lipinski definition) is 1. The third-order valence-electron chi connectivity index (χ3n) is 4.23. The van der Waals surface area contributed by atoms with Gasteiger partial charge < -0.3 is 10.1 Å². The molecule has 2 fully saturated rings. The molecule has 1 aliphatic carbocycles. The fourth-order valence-corrected chi connectivity index (χ4v) is 3.16. The second kappa shape index (κ2) is 6.65. The Hall–Kier alpha value is -1.28. The zero-order valence-electron chi connectivity index (χ0n) is 13.4. The lowest BCUT2D eigenvalue weighted by Gasteiger charge is -2.31. The first-order valence-electron chi connectivity index (χ1n) is 8.01. The Bertz CT molecular complexity index is 403. The molecule has 2 atom stereocenters. The van der Waals surface area contributed by atoms with Crippen molar-refractivity contribution in [3.63, 3.8) is 0 Å². The van der Waals surface area contributed by atoms with Crippen LogP contribution in [0.2, 0.25) is 0 Å². The lowest BCUT2D eigenvalue weighted by Crippen LogP contribution is -2.42. The van der Waals surface area contributed by atoms with E-state index >= 15 is 0 Å². The van der Waals surface area contributed by atoms with Gasteiger partial charge in [0.2, 0.25) is 0 Å². The van der Waals surface area contributed by atoms with Gasteiger partial charge in [-0.25, -0.2) is 4.79 Å². The lowest BCUT2D eigenvalue weighted by atomic mass is 9.91. The number of amides is 1. The van der Waals surface area contributed by atoms with Crippen LogP contribution >= 0.6 is 0 Å². The highest BCUT2D eigenvalue weighted by atomic mass is 16.6. The van der Waals surface area contributed by atoms with Crippen LogP contribution in [0, 0.1) is 11.3 Å². The normalized spacial score (nSPS) is 32.1. The molecular weight excluding hydrogens is 266 g/mol. The van der Waals surface area contributed by atoms with Crippen LogP contribution in [0.25, 0.3) is 0 Å². The number of nitrogens with one attached hydrogen (secondary N) is 1. The first-order valence-corrected chi connectivity index (χ1v) is 8.01. The molecule has 5 heteroatoms. The number of nitrogens with zero attached hydrogens (tertiary/aromatic N) is 2. The summed E-state index contributed by atoms with van der Waals surface area (Å²) in [5, 5.41) is 11.6. The molecule has 1 amide bonds. The van der Waals surface area contributed by atoms with Gasteiger partial charge in [-0.1, -0.05) is 0 Å². The standard InChI is InChI=1S/C16H27N3O2/c1-16(2,3)21-15(20)18-12-6-8-13(9-7-12)19-11-14(19)5-4-10-17/h12-14H,4-9,11H2,1-3H3,(H,18,20). The number of carbonyl (C=O) groups excluding carboxylic acids is 1. The predicted molar refractivity (Wildman–Crippen MR) is 80.8 cm³/mol. The molecule has 0 spiro atoms. The molecule has 1 saturated carbocycles. The molecule has 0 aromatic heterocycles. The molecule has 2 aliphatic rings. The summed E-state index contributed by atoms with van der Waals surface area (Å²) in [7, 11) is 0. The van der Waals surface area contributed by atoms with Gasteiger partial charge >= 0.3 is 6.09 Å². The molecule has 2 rings (SSSR count). The summed E-state index contributed by atoms with van der Waals surface area (Å²) < 4.78 is 5.30. The van der Waals surface area contributed by atoms with Crippen LogP contribution < -0.4 is 5.32 Å². The zero-order valence-corrected chi connectivity index (χ0v) is 13.4. The van der Waals surface area contributed by atoms with Crippen LogP contribution in [0.3, 0.4) is 0 Å². The maximum Gasteiger partial charge on any atom is 0.407 e. The summed E-state index contributed by atoms with van der Waals surface area (Å²) in [5.41, 5.74) is -0.436. The van der Waals surface area contributed by atoms with Crippen molar-refractivity contribution >= 4 is 6.09 Å². The Morgan fingerprint density at radius 2 is 2.00 bits per heavy atom. The number of hydrogen-bond acceptors (Lipinski definition) is 4.